The molecule has 3 N–H and O–H groups in total. The van der Waals surface area contributed by atoms with Crippen molar-refractivity contribution in [1.82, 2.24) is 4.90 Å². The number of carbonyl (C=O) groups is 1. The molecular weight excluding hydrogens is 483 g/mol. The van der Waals surface area contributed by atoms with Crippen molar-refractivity contribution in [2.45, 2.75) is 52.2 Å². The van der Waals surface area contributed by atoms with Gasteiger partial charge in [0.25, 0.3) is 0 Å². The Balaban J connectivity index is 0.00000420. The number of benzene rings is 1. The van der Waals surface area contributed by atoms with Crippen molar-refractivity contribution in [2.75, 3.05) is 32.1 Å². The third kappa shape index (κ3) is 9.20. The molecule has 1 aliphatic heterocycles. The quantitative estimate of drug-likeness (QED) is 0.335. The smallest absolute Gasteiger partial charge is 0.410 e. The number of likely N-dealkylation sites (tertiary alicyclic amines) is 1. The van der Waals surface area contributed by atoms with E-state index in [0.717, 1.165) is 37.1 Å². The Hall–Kier alpha value is -1.55. The van der Waals surface area contributed by atoms with Crippen molar-refractivity contribution in [3.8, 4) is 0 Å². The number of rotatable bonds is 6. The van der Waals surface area contributed by atoms with E-state index in [-0.39, 0.29) is 30.1 Å². The third-order valence-electron chi connectivity index (χ3n) is 4.57. The summed E-state index contributed by atoms with van der Waals surface area (Å²) in [6.07, 6.45) is 2.75. The molecule has 7 nitrogen and oxygen atoms in total. The monoisotopic (exact) mass is 518 g/mol. The van der Waals surface area contributed by atoms with Gasteiger partial charge in [0, 0.05) is 38.0 Å². The molecule has 29 heavy (non-hydrogen) atoms. The Morgan fingerprint density at radius 2 is 2.07 bits per heavy atom. The van der Waals surface area contributed by atoms with Crippen LogP contribution in [-0.4, -0.2) is 49.3 Å². The summed E-state index contributed by atoms with van der Waals surface area (Å²) in [6, 6.07) is 7.86. The number of hydrogen-bond acceptors (Lipinski definition) is 4. The van der Waals surface area contributed by atoms with Crippen LogP contribution in [0, 0.1) is 5.92 Å². The number of guanidine groups is 1. The van der Waals surface area contributed by atoms with Crippen molar-refractivity contribution >= 4 is 41.7 Å². The van der Waals surface area contributed by atoms with Crippen LogP contribution >= 0.6 is 24.0 Å². The molecular formula is C21H35IN4O3. The lowest BCUT2D eigenvalue weighted by molar-refractivity contribution is 0.0163. The lowest BCUT2D eigenvalue weighted by Gasteiger charge is -2.34. The molecule has 1 unspecified atom stereocenters. The first-order valence-corrected chi connectivity index (χ1v) is 9.90. The van der Waals surface area contributed by atoms with Crippen LogP contribution < -0.4 is 11.1 Å². The zero-order valence-electron chi connectivity index (χ0n) is 17.9. The molecule has 164 valence electrons. The van der Waals surface area contributed by atoms with Gasteiger partial charge in [0.15, 0.2) is 5.96 Å². The Kier molecular flexibility index (Phi) is 10.7. The summed E-state index contributed by atoms with van der Waals surface area (Å²) in [4.78, 5) is 18.5. The second-order valence-corrected chi connectivity index (χ2v) is 8.21. The Morgan fingerprint density at radius 3 is 2.76 bits per heavy atom. The highest BCUT2D eigenvalue weighted by Gasteiger charge is 2.27. The van der Waals surface area contributed by atoms with E-state index >= 15 is 0 Å². The zero-order chi connectivity index (χ0) is 20.6. The van der Waals surface area contributed by atoms with Crippen LogP contribution in [0.4, 0.5) is 10.5 Å². The number of aliphatic imine (C=N–C) groups is 1. The predicted octanol–water partition coefficient (Wildman–Crippen LogP) is 4.21. The lowest BCUT2D eigenvalue weighted by Crippen LogP contribution is -2.43. The van der Waals surface area contributed by atoms with Crippen molar-refractivity contribution in [2.24, 2.45) is 16.6 Å². The fraction of sp³-hybridized carbons (Fsp3) is 0.619. The van der Waals surface area contributed by atoms with Gasteiger partial charge in [0.05, 0.1) is 6.61 Å². The van der Waals surface area contributed by atoms with Gasteiger partial charge in [0.1, 0.15) is 5.60 Å². The Morgan fingerprint density at radius 1 is 1.34 bits per heavy atom. The van der Waals surface area contributed by atoms with Gasteiger partial charge in [-0.15, -0.1) is 24.0 Å². The molecule has 1 fully saturated rings. The van der Waals surface area contributed by atoms with Crippen molar-refractivity contribution in [3.05, 3.63) is 29.8 Å². The highest BCUT2D eigenvalue weighted by molar-refractivity contribution is 14.0. The minimum atomic E-state index is -0.465. The molecule has 1 amide bonds. The van der Waals surface area contributed by atoms with E-state index in [1.165, 1.54) is 0 Å². The number of carbonyl (C=O) groups excluding carboxylic acids is 1. The van der Waals surface area contributed by atoms with Crippen LogP contribution in [0.1, 0.15) is 45.6 Å². The maximum atomic E-state index is 12.3. The minimum Gasteiger partial charge on any atom is -0.444 e. The Labute approximate surface area is 191 Å². The highest BCUT2D eigenvalue weighted by Crippen LogP contribution is 2.22. The molecule has 0 aliphatic carbocycles. The predicted molar refractivity (Wildman–Crippen MR) is 128 cm³/mol. The second kappa shape index (κ2) is 12.2. The number of methoxy groups -OCH3 is 1. The minimum absolute atomic E-state index is 0. The molecule has 1 aliphatic rings. The zero-order valence-corrected chi connectivity index (χ0v) is 20.3. The normalized spacial score (nSPS) is 17.4. The number of piperidine rings is 1. The molecule has 2 rings (SSSR count). The van der Waals surface area contributed by atoms with Gasteiger partial charge in [-0.05, 0) is 52.0 Å². The topological polar surface area (TPSA) is 89.2 Å². The molecule has 0 radical (unpaired) electrons. The number of hydrogen-bond donors (Lipinski definition) is 2. The highest BCUT2D eigenvalue weighted by atomic mass is 127. The summed E-state index contributed by atoms with van der Waals surface area (Å²) in [5.74, 6) is 0.807. The molecule has 0 bridgehead atoms. The molecule has 1 saturated heterocycles. The van der Waals surface area contributed by atoms with Gasteiger partial charge in [-0.2, -0.15) is 0 Å². The molecule has 0 saturated carbocycles. The van der Waals surface area contributed by atoms with Gasteiger partial charge in [-0.1, -0.05) is 18.2 Å². The van der Waals surface area contributed by atoms with Gasteiger partial charge >= 0.3 is 6.09 Å². The summed E-state index contributed by atoms with van der Waals surface area (Å²) in [6.45, 7) is 8.28. The van der Waals surface area contributed by atoms with Crippen LogP contribution in [-0.2, 0) is 16.1 Å². The molecule has 1 aromatic rings. The fourth-order valence-corrected chi connectivity index (χ4v) is 3.26. The summed E-state index contributed by atoms with van der Waals surface area (Å²) >= 11 is 0. The van der Waals surface area contributed by atoms with Crippen LogP contribution in [0.2, 0.25) is 0 Å². The maximum Gasteiger partial charge on any atom is 0.410 e. The van der Waals surface area contributed by atoms with Crippen LogP contribution in [0.15, 0.2) is 29.3 Å². The van der Waals surface area contributed by atoms with Crippen LogP contribution in [0.3, 0.4) is 0 Å². The Bertz CT molecular complexity index is 676. The number of para-hydroxylation sites is 1. The van der Waals surface area contributed by atoms with E-state index in [2.05, 4.69) is 10.3 Å². The molecule has 0 spiro atoms. The van der Waals surface area contributed by atoms with Crippen molar-refractivity contribution in [1.29, 1.82) is 0 Å². The van der Waals surface area contributed by atoms with Gasteiger partial charge in [-0.25, -0.2) is 4.79 Å². The van der Waals surface area contributed by atoms with E-state index in [1.54, 1.807) is 7.11 Å². The molecule has 8 heteroatoms. The van der Waals surface area contributed by atoms with E-state index in [9.17, 15) is 4.79 Å². The number of amides is 1. The standard InChI is InChI=1S/C21H34N4O3.HI/c1-21(2,3)28-20(26)25-13-7-8-16(14-25)11-12-23-19(22)24-18-10-6-5-9-17(18)15-27-4;/h5-6,9-10,16H,7-8,11-15H2,1-4H3,(H3,22,23,24);1H. The van der Waals surface area contributed by atoms with E-state index < -0.39 is 5.60 Å². The number of ether oxygens (including phenoxy) is 2. The van der Waals surface area contributed by atoms with Crippen LogP contribution in [0.25, 0.3) is 0 Å². The van der Waals surface area contributed by atoms with Gasteiger partial charge in [0.2, 0.25) is 0 Å². The van der Waals surface area contributed by atoms with Gasteiger partial charge in [-0.3, -0.25) is 4.99 Å². The molecule has 1 atom stereocenters. The average molecular weight is 518 g/mol. The van der Waals surface area contributed by atoms with Gasteiger partial charge < -0.3 is 25.4 Å². The fourth-order valence-electron chi connectivity index (χ4n) is 3.26. The lowest BCUT2D eigenvalue weighted by atomic mass is 9.95. The van der Waals surface area contributed by atoms with Crippen LogP contribution in [0.5, 0.6) is 0 Å². The maximum absolute atomic E-state index is 12.3. The van der Waals surface area contributed by atoms with E-state index in [0.29, 0.717) is 31.6 Å². The SMILES string of the molecule is COCc1ccccc1NC(N)=NCCC1CCCN(C(=O)OC(C)(C)C)C1.I. The number of nitrogens with one attached hydrogen (secondary N) is 1. The average Bonchev–Trinajstić information content (AvgIpc) is 2.62. The third-order valence-corrected chi connectivity index (χ3v) is 4.57. The second-order valence-electron chi connectivity index (χ2n) is 8.21. The number of nitrogens with two attached hydrogens (primary N) is 1. The number of anilines is 1. The van der Waals surface area contributed by atoms with Crippen molar-refractivity contribution in [3.63, 3.8) is 0 Å². The summed E-state index contributed by atoms with van der Waals surface area (Å²) in [5.41, 5.74) is 7.51. The summed E-state index contributed by atoms with van der Waals surface area (Å²) in [7, 11) is 1.67. The summed E-state index contributed by atoms with van der Waals surface area (Å²) in [5, 5.41) is 3.15. The number of halogens is 1. The first-order valence-electron chi connectivity index (χ1n) is 9.90. The first-order chi connectivity index (χ1) is 13.3. The first kappa shape index (κ1) is 25.5. The van der Waals surface area contributed by atoms with Crippen molar-refractivity contribution < 1.29 is 14.3 Å². The molecule has 1 aromatic carbocycles. The van der Waals surface area contributed by atoms with E-state index in [4.69, 9.17) is 15.2 Å². The molecule has 1 heterocycles. The molecule has 0 aromatic heterocycles. The summed E-state index contributed by atoms with van der Waals surface area (Å²) < 4.78 is 10.7. The largest absolute Gasteiger partial charge is 0.444 e. The number of nitrogens with zero attached hydrogens (tertiary/aromatic N) is 2. The van der Waals surface area contributed by atoms with E-state index in [1.807, 2.05) is 49.9 Å².